The predicted molar refractivity (Wildman–Crippen MR) is 118 cm³/mol. The molecular weight excluding hydrogens is 415 g/mol. The summed E-state index contributed by atoms with van der Waals surface area (Å²) in [6.07, 6.45) is 4.66. The number of carbonyl (C=O) groups excluding carboxylic acids is 2. The fourth-order valence-corrected chi connectivity index (χ4v) is 3.26. The third-order valence-electron chi connectivity index (χ3n) is 4.78. The van der Waals surface area contributed by atoms with Crippen LogP contribution >= 0.6 is 24.8 Å². The zero-order chi connectivity index (χ0) is 19.1. The van der Waals surface area contributed by atoms with Gasteiger partial charge in [0.2, 0.25) is 5.91 Å². The Morgan fingerprint density at radius 3 is 2.41 bits per heavy atom. The van der Waals surface area contributed by atoms with Crippen molar-refractivity contribution in [1.29, 1.82) is 0 Å². The lowest BCUT2D eigenvalue weighted by Crippen LogP contribution is -2.47. The van der Waals surface area contributed by atoms with Crippen LogP contribution in [0.2, 0.25) is 0 Å². The van der Waals surface area contributed by atoms with Gasteiger partial charge in [0.1, 0.15) is 0 Å². The highest BCUT2D eigenvalue weighted by molar-refractivity contribution is 6.05. The minimum Gasteiger partial charge on any atom is -0.384 e. The number of carbonyl (C=O) groups is 2. The van der Waals surface area contributed by atoms with Gasteiger partial charge in [-0.05, 0) is 56.3 Å². The van der Waals surface area contributed by atoms with Gasteiger partial charge in [0, 0.05) is 36.4 Å². The van der Waals surface area contributed by atoms with E-state index in [4.69, 9.17) is 4.74 Å². The fraction of sp³-hybridized carbons (Fsp3) is 0.350. The molecule has 9 heteroatoms. The summed E-state index contributed by atoms with van der Waals surface area (Å²) in [5.41, 5.74) is 1.18. The number of piperidine rings is 1. The minimum atomic E-state index is -0.546. The Bertz CT molecular complexity index is 794. The monoisotopic (exact) mass is 440 g/mol. The summed E-state index contributed by atoms with van der Waals surface area (Å²) in [7, 11) is 1.61. The van der Waals surface area contributed by atoms with Crippen molar-refractivity contribution in [2.24, 2.45) is 5.41 Å². The minimum absolute atomic E-state index is 0. The number of nitrogens with one attached hydrogen (secondary N) is 3. The molecule has 1 saturated heterocycles. The van der Waals surface area contributed by atoms with E-state index in [0.29, 0.717) is 23.5 Å². The summed E-state index contributed by atoms with van der Waals surface area (Å²) in [5.74, 6) is -0.316. The maximum absolute atomic E-state index is 12.9. The number of hydrogen-bond donors (Lipinski definition) is 3. The second-order valence-corrected chi connectivity index (χ2v) is 6.69. The van der Waals surface area contributed by atoms with Crippen molar-refractivity contribution in [3.63, 3.8) is 0 Å². The van der Waals surface area contributed by atoms with Crippen LogP contribution in [0.4, 0.5) is 11.4 Å². The molecule has 1 aromatic heterocycles. The van der Waals surface area contributed by atoms with Crippen LogP contribution in [-0.4, -0.2) is 43.6 Å². The standard InChI is InChI=1S/C20H24N4O3.2ClH/c1-27-14-20(7-11-22-12-8-20)19(26)24-17-4-2-3-15(13-17)18(25)23-16-5-9-21-10-6-16;;/h2-6,9-10,13,22H,7-8,11-12,14H2,1H3,(H,24,26)(H,21,23,25);2*1H. The molecule has 2 amide bonds. The molecule has 1 aromatic carbocycles. The van der Waals surface area contributed by atoms with E-state index in [-0.39, 0.29) is 36.6 Å². The van der Waals surface area contributed by atoms with Crippen LogP contribution in [0.1, 0.15) is 23.2 Å². The smallest absolute Gasteiger partial charge is 0.255 e. The van der Waals surface area contributed by atoms with Crippen LogP contribution in [0.3, 0.4) is 0 Å². The van der Waals surface area contributed by atoms with Gasteiger partial charge >= 0.3 is 0 Å². The lowest BCUT2D eigenvalue weighted by molar-refractivity contribution is -0.130. The van der Waals surface area contributed by atoms with Crippen molar-refractivity contribution < 1.29 is 14.3 Å². The molecule has 3 rings (SSSR count). The molecule has 1 fully saturated rings. The number of benzene rings is 1. The number of aromatic nitrogens is 1. The van der Waals surface area contributed by atoms with Gasteiger partial charge in [-0.25, -0.2) is 0 Å². The quantitative estimate of drug-likeness (QED) is 0.641. The first kappa shape index (κ1) is 24.8. The average molecular weight is 441 g/mol. The number of ether oxygens (including phenoxy) is 1. The molecule has 2 heterocycles. The van der Waals surface area contributed by atoms with Crippen LogP contribution < -0.4 is 16.0 Å². The topological polar surface area (TPSA) is 92.3 Å². The number of pyridine rings is 1. The van der Waals surface area contributed by atoms with Gasteiger partial charge in [-0.2, -0.15) is 0 Å². The normalized spacial score (nSPS) is 14.7. The lowest BCUT2D eigenvalue weighted by Gasteiger charge is -2.35. The number of amides is 2. The fourth-order valence-electron chi connectivity index (χ4n) is 3.26. The molecule has 1 aliphatic heterocycles. The van der Waals surface area contributed by atoms with Gasteiger partial charge < -0.3 is 20.7 Å². The van der Waals surface area contributed by atoms with Gasteiger partial charge in [0.15, 0.2) is 0 Å². The summed E-state index contributed by atoms with van der Waals surface area (Å²) in [5, 5.41) is 9.04. The van der Waals surface area contributed by atoms with Crippen LogP contribution in [0.15, 0.2) is 48.8 Å². The van der Waals surface area contributed by atoms with E-state index < -0.39 is 5.41 Å². The average Bonchev–Trinajstić information content (AvgIpc) is 2.70. The van der Waals surface area contributed by atoms with E-state index >= 15 is 0 Å². The molecule has 2 aromatic rings. The first-order valence-electron chi connectivity index (χ1n) is 8.95. The highest BCUT2D eigenvalue weighted by atomic mass is 35.5. The molecule has 158 valence electrons. The van der Waals surface area contributed by atoms with Crippen LogP contribution in [0, 0.1) is 5.41 Å². The van der Waals surface area contributed by atoms with Crippen molar-refractivity contribution in [3.8, 4) is 0 Å². The van der Waals surface area contributed by atoms with E-state index in [2.05, 4.69) is 20.9 Å². The molecule has 7 nitrogen and oxygen atoms in total. The van der Waals surface area contributed by atoms with Gasteiger partial charge in [0.05, 0.1) is 12.0 Å². The van der Waals surface area contributed by atoms with Crippen molar-refractivity contribution in [2.75, 3.05) is 37.4 Å². The summed E-state index contributed by atoms with van der Waals surface area (Å²) >= 11 is 0. The first-order chi connectivity index (χ1) is 13.1. The van der Waals surface area contributed by atoms with E-state index in [1.54, 1.807) is 55.9 Å². The second-order valence-electron chi connectivity index (χ2n) is 6.69. The lowest BCUT2D eigenvalue weighted by atomic mass is 9.78. The SMILES string of the molecule is COCC1(C(=O)Nc2cccc(C(=O)Nc3ccncc3)c2)CCNCC1.Cl.Cl. The van der Waals surface area contributed by atoms with Crippen molar-refractivity contribution in [3.05, 3.63) is 54.4 Å². The predicted octanol–water partition coefficient (Wildman–Crippen LogP) is 3.13. The number of methoxy groups -OCH3 is 1. The Morgan fingerprint density at radius 1 is 1.07 bits per heavy atom. The zero-order valence-corrected chi connectivity index (χ0v) is 17.8. The third-order valence-corrected chi connectivity index (χ3v) is 4.78. The van der Waals surface area contributed by atoms with Gasteiger partial charge in [-0.1, -0.05) is 6.07 Å². The van der Waals surface area contributed by atoms with Gasteiger partial charge in [-0.3, -0.25) is 14.6 Å². The van der Waals surface area contributed by atoms with Crippen molar-refractivity contribution >= 4 is 48.0 Å². The Morgan fingerprint density at radius 2 is 1.76 bits per heavy atom. The van der Waals surface area contributed by atoms with E-state index in [9.17, 15) is 9.59 Å². The number of nitrogens with zero attached hydrogens (tertiary/aromatic N) is 1. The van der Waals surface area contributed by atoms with E-state index in [0.717, 1.165) is 25.9 Å². The molecule has 3 N–H and O–H groups in total. The largest absolute Gasteiger partial charge is 0.384 e. The summed E-state index contributed by atoms with van der Waals surface area (Å²) in [6.45, 7) is 1.94. The molecule has 0 radical (unpaired) electrons. The molecule has 0 unspecified atom stereocenters. The Labute approximate surface area is 182 Å². The first-order valence-corrected chi connectivity index (χ1v) is 8.95. The Hall–Kier alpha value is -2.19. The molecule has 0 bridgehead atoms. The summed E-state index contributed by atoms with van der Waals surface area (Å²) in [6, 6.07) is 10.4. The Balaban J connectivity index is 0.00000210. The molecule has 0 spiro atoms. The van der Waals surface area contributed by atoms with Crippen LogP contribution in [0.25, 0.3) is 0 Å². The maximum Gasteiger partial charge on any atom is 0.255 e. The van der Waals surface area contributed by atoms with Crippen molar-refractivity contribution in [1.82, 2.24) is 10.3 Å². The van der Waals surface area contributed by atoms with Crippen molar-refractivity contribution in [2.45, 2.75) is 12.8 Å². The molecule has 29 heavy (non-hydrogen) atoms. The highest BCUT2D eigenvalue weighted by Gasteiger charge is 2.39. The molecule has 0 atom stereocenters. The Kier molecular flexibility index (Phi) is 10.0. The summed E-state index contributed by atoms with van der Waals surface area (Å²) < 4.78 is 5.31. The molecule has 1 aliphatic rings. The molecule has 0 aliphatic carbocycles. The van der Waals surface area contributed by atoms with Gasteiger partial charge in [0.25, 0.3) is 5.91 Å². The van der Waals surface area contributed by atoms with Crippen LogP contribution in [0.5, 0.6) is 0 Å². The number of hydrogen-bond acceptors (Lipinski definition) is 5. The number of rotatable bonds is 6. The zero-order valence-electron chi connectivity index (χ0n) is 16.1. The third kappa shape index (κ3) is 6.40. The van der Waals surface area contributed by atoms with Gasteiger partial charge in [-0.15, -0.1) is 24.8 Å². The summed E-state index contributed by atoms with van der Waals surface area (Å²) in [4.78, 5) is 29.3. The van der Waals surface area contributed by atoms with Crippen LogP contribution in [-0.2, 0) is 9.53 Å². The van der Waals surface area contributed by atoms with E-state index in [1.807, 2.05) is 0 Å². The molecule has 0 saturated carbocycles. The highest BCUT2D eigenvalue weighted by Crippen LogP contribution is 2.31. The molecular formula is C20H26Cl2N4O3. The second kappa shape index (κ2) is 11.7. The maximum atomic E-state index is 12.9. The van der Waals surface area contributed by atoms with E-state index in [1.165, 1.54) is 0 Å². The number of anilines is 2. The number of halogens is 2.